The van der Waals surface area contributed by atoms with E-state index in [0.29, 0.717) is 25.7 Å². The molecule has 0 aromatic heterocycles. The molecule has 0 aliphatic rings. The number of hydrogen-bond donors (Lipinski definition) is 3. The summed E-state index contributed by atoms with van der Waals surface area (Å²) in [5.41, 5.74) is 0. The van der Waals surface area contributed by atoms with Crippen LogP contribution in [-0.4, -0.2) is 96.7 Å². The number of carbonyl (C=O) groups excluding carboxylic acids is 4. The van der Waals surface area contributed by atoms with Gasteiger partial charge >= 0.3 is 39.5 Å². The highest BCUT2D eigenvalue weighted by Crippen LogP contribution is 2.45. The molecule has 0 saturated carbocycles. The second-order valence-electron chi connectivity index (χ2n) is 31.5. The fourth-order valence-corrected chi connectivity index (χ4v) is 14.8. The molecular weight excluding hydrogens is 1350 g/mol. The molecule has 0 aliphatic carbocycles. The molecule has 0 radical (unpaired) electrons. The van der Waals surface area contributed by atoms with Crippen LogP contribution in [0.2, 0.25) is 0 Å². The van der Waals surface area contributed by atoms with E-state index in [0.717, 1.165) is 102 Å². The molecule has 3 N–H and O–H groups in total. The Hall–Kier alpha value is -1.94. The lowest BCUT2D eigenvalue weighted by Crippen LogP contribution is -2.30. The van der Waals surface area contributed by atoms with Crippen molar-refractivity contribution in [3.05, 3.63) is 0 Å². The monoisotopic (exact) mass is 1520 g/mol. The first-order chi connectivity index (χ1) is 50.4. The summed E-state index contributed by atoms with van der Waals surface area (Å²) in [5, 5.41) is 10.7. The number of aliphatic hydroxyl groups is 1. The average Bonchev–Trinajstić information content (AvgIpc) is 0.913. The van der Waals surface area contributed by atoms with Crippen LogP contribution in [0.3, 0.4) is 0 Å². The van der Waals surface area contributed by atoms with Crippen LogP contribution in [0, 0.1) is 11.8 Å². The van der Waals surface area contributed by atoms with Crippen LogP contribution >= 0.6 is 15.6 Å². The second-order valence-corrected chi connectivity index (χ2v) is 34.4. The van der Waals surface area contributed by atoms with Gasteiger partial charge in [0.2, 0.25) is 0 Å². The molecule has 104 heavy (non-hydrogen) atoms. The number of aliphatic hydroxyl groups excluding tert-OH is 1. The molecule has 0 fully saturated rings. The molecule has 0 rings (SSSR count). The van der Waals surface area contributed by atoms with Gasteiger partial charge in [0, 0.05) is 25.7 Å². The van der Waals surface area contributed by atoms with Crippen molar-refractivity contribution < 1.29 is 80.2 Å². The third kappa shape index (κ3) is 78.2. The zero-order valence-electron chi connectivity index (χ0n) is 68.3. The van der Waals surface area contributed by atoms with Gasteiger partial charge in [-0.15, -0.1) is 0 Å². The van der Waals surface area contributed by atoms with Gasteiger partial charge in [-0.05, 0) is 37.5 Å². The third-order valence-corrected chi connectivity index (χ3v) is 21.9. The van der Waals surface area contributed by atoms with Gasteiger partial charge in [0.15, 0.2) is 12.2 Å². The van der Waals surface area contributed by atoms with Gasteiger partial charge < -0.3 is 33.8 Å². The Kier molecular flexibility index (Phi) is 75.0. The van der Waals surface area contributed by atoms with Crippen LogP contribution in [0.25, 0.3) is 0 Å². The molecule has 0 aromatic carbocycles. The summed E-state index contributed by atoms with van der Waals surface area (Å²) in [6, 6.07) is 0. The number of unbranched alkanes of at least 4 members (excludes halogenated alkanes) is 54. The SMILES string of the molecule is CCCCCCCCCCCCCCCC(=O)O[C@H](COC(=O)CCCCCCCCCCCCC)COP(=O)(O)OC[C@H](O)COP(=O)(O)OC[C@@H](COC(=O)CCCCCCCCCCCCCCCCCCC(C)C)OC(=O)CCCCCCCCCCCCCCCCCCCCC(C)C. The van der Waals surface area contributed by atoms with Gasteiger partial charge in [-0.1, -0.05) is 401 Å². The predicted octanol–water partition coefficient (Wildman–Crippen LogP) is 25.8. The third-order valence-electron chi connectivity index (χ3n) is 20.0. The fourth-order valence-electron chi connectivity index (χ4n) is 13.2. The van der Waals surface area contributed by atoms with Gasteiger partial charge in [-0.2, -0.15) is 0 Å². The van der Waals surface area contributed by atoms with Crippen molar-refractivity contribution in [2.24, 2.45) is 11.8 Å². The summed E-state index contributed by atoms with van der Waals surface area (Å²) >= 11 is 0. The number of ether oxygens (including phenoxy) is 4. The maximum Gasteiger partial charge on any atom is 0.472 e. The summed E-state index contributed by atoms with van der Waals surface area (Å²) < 4.78 is 68.8. The van der Waals surface area contributed by atoms with E-state index in [1.165, 1.54) is 270 Å². The minimum Gasteiger partial charge on any atom is -0.462 e. The zero-order valence-corrected chi connectivity index (χ0v) is 70.1. The summed E-state index contributed by atoms with van der Waals surface area (Å²) in [6.45, 7) is 9.73. The van der Waals surface area contributed by atoms with E-state index in [1.54, 1.807) is 0 Å². The maximum absolute atomic E-state index is 13.1. The highest BCUT2D eigenvalue weighted by Gasteiger charge is 2.30. The van der Waals surface area contributed by atoms with E-state index in [-0.39, 0.29) is 25.7 Å². The molecule has 0 bridgehead atoms. The Labute approximate surface area is 638 Å². The van der Waals surface area contributed by atoms with E-state index in [2.05, 4.69) is 41.5 Å². The molecule has 0 aromatic rings. The Balaban J connectivity index is 5.22. The molecule has 19 heteroatoms. The van der Waals surface area contributed by atoms with E-state index in [9.17, 15) is 43.2 Å². The summed E-state index contributed by atoms with van der Waals surface area (Å²) in [6.07, 6.45) is 68.0. The van der Waals surface area contributed by atoms with Crippen molar-refractivity contribution in [2.75, 3.05) is 39.6 Å². The first-order valence-corrected chi connectivity index (χ1v) is 47.0. The van der Waals surface area contributed by atoms with Crippen molar-refractivity contribution in [1.29, 1.82) is 0 Å². The minimum absolute atomic E-state index is 0.108. The minimum atomic E-state index is -4.97. The molecular formula is C85H166O17P2. The summed E-state index contributed by atoms with van der Waals surface area (Å²) in [5.74, 6) is -0.469. The van der Waals surface area contributed by atoms with Crippen molar-refractivity contribution in [3.8, 4) is 0 Å². The maximum atomic E-state index is 13.1. The van der Waals surface area contributed by atoms with Gasteiger partial charge in [0.25, 0.3) is 0 Å². The Morgan fingerprint density at radius 1 is 0.260 bits per heavy atom. The molecule has 17 nitrogen and oxygen atoms in total. The number of phosphoric acid groups is 2. The van der Waals surface area contributed by atoms with Crippen molar-refractivity contribution in [1.82, 2.24) is 0 Å². The predicted molar refractivity (Wildman–Crippen MR) is 428 cm³/mol. The molecule has 0 aliphatic heterocycles. The van der Waals surface area contributed by atoms with Crippen LogP contribution in [0.5, 0.6) is 0 Å². The van der Waals surface area contributed by atoms with Gasteiger partial charge in [0.1, 0.15) is 19.3 Å². The van der Waals surface area contributed by atoms with Crippen LogP contribution < -0.4 is 0 Å². The van der Waals surface area contributed by atoms with Crippen LogP contribution in [0.4, 0.5) is 0 Å². The van der Waals surface area contributed by atoms with Crippen LogP contribution in [0.1, 0.15) is 452 Å². The van der Waals surface area contributed by atoms with Crippen molar-refractivity contribution in [2.45, 2.75) is 471 Å². The van der Waals surface area contributed by atoms with Crippen molar-refractivity contribution in [3.63, 3.8) is 0 Å². The average molecular weight is 1520 g/mol. The number of rotatable bonds is 84. The molecule has 0 saturated heterocycles. The Bertz CT molecular complexity index is 1990. The van der Waals surface area contributed by atoms with Crippen LogP contribution in [-0.2, 0) is 65.4 Å². The Morgan fingerprint density at radius 2 is 0.442 bits per heavy atom. The van der Waals surface area contributed by atoms with Gasteiger partial charge in [-0.25, -0.2) is 9.13 Å². The molecule has 0 spiro atoms. The van der Waals surface area contributed by atoms with Gasteiger partial charge in [-0.3, -0.25) is 37.3 Å². The number of carbonyl (C=O) groups is 4. The topological polar surface area (TPSA) is 237 Å². The smallest absolute Gasteiger partial charge is 0.462 e. The lowest BCUT2D eigenvalue weighted by atomic mass is 10.0. The number of phosphoric ester groups is 2. The van der Waals surface area contributed by atoms with Crippen molar-refractivity contribution >= 4 is 39.5 Å². The first-order valence-electron chi connectivity index (χ1n) is 44.0. The number of esters is 4. The second kappa shape index (κ2) is 76.4. The largest absolute Gasteiger partial charge is 0.472 e. The van der Waals surface area contributed by atoms with E-state index < -0.39 is 97.5 Å². The molecule has 618 valence electrons. The fraction of sp³-hybridized carbons (Fsp3) is 0.953. The lowest BCUT2D eigenvalue weighted by molar-refractivity contribution is -0.161. The summed E-state index contributed by atoms with van der Waals surface area (Å²) in [7, 11) is -9.92. The first kappa shape index (κ1) is 102. The molecule has 2 unspecified atom stereocenters. The van der Waals surface area contributed by atoms with Crippen LogP contribution in [0.15, 0.2) is 0 Å². The quantitative estimate of drug-likeness (QED) is 0.0222. The van der Waals surface area contributed by atoms with E-state index in [4.69, 9.17) is 37.0 Å². The highest BCUT2D eigenvalue weighted by atomic mass is 31.2. The summed E-state index contributed by atoms with van der Waals surface area (Å²) in [4.78, 5) is 73.2. The highest BCUT2D eigenvalue weighted by molar-refractivity contribution is 7.47. The Morgan fingerprint density at radius 3 is 0.654 bits per heavy atom. The van der Waals surface area contributed by atoms with E-state index >= 15 is 0 Å². The van der Waals surface area contributed by atoms with E-state index in [1.807, 2.05) is 0 Å². The lowest BCUT2D eigenvalue weighted by Gasteiger charge is -2.21. The molecule has 0 heterocycles. The number of hydrogen-bond acceptors (Lipinski definition) is 15. The zero-order chi connectivity index (χ0) is 76.4. The molecule has 0 amide bonds. The normalized spacial score (nSPS) is 13.8. The standard InChI is InChI=1S/C85H166O17P2/c1-7-9-11-13-15-17-19-30-39-45-51-57-63-69-84(89)101-80(73-95-82(87)67-61-55-49-43-35-18-16-14-12-10-8-2)75-99-103(91,92)97-71-79(86)72-98-104(93,94)100-76-81(74-96-83(88)68-62-56-50-44-38-33-28-25-24-27-32-37-42-48-54-60-66-78(5)6)102-85(90)70-64-58-52-46-40-34-29-23-21-20-22-26-31-36-41-47-53-59-65-77(3)4/h77-81,86H,7-76H2,1-6H3,(H,91,92)(H,93,94)/t79-,80+,81+/m0/s1. The van der Waals surface area contributed by atoms with Gasteiger partial charge in [0.05, 0.1) is 26.4 Å². The molecule has 5 atom stereocenters.